The van der Waals surface area contributed by atoms with E-state index in [0.717, 1.165) is 0 Å². The average molecular weight is 674 g/mol. The van der Waals surface area contributed by atoms with E-state index in [1.54, 1.807) is 0 Å². The summed E-state index contributed by atoms with van der Waals surface area (Å²) in [5, 5.41) is 0. The predicted octanol–water partition coefficient (Wildman–Crippen LogP) is 1.13. The second-order valence-electron chi connectivity index (χ2n) is 6.85. The van der Waals surface area contributed by atoms with Crippen molar-refractivity contribution in [2.75, 3.05) is 19.8 Å². The summed E-state index contributed by atoms with van der Waals surface area (Å²) in [5.74, 6) is 0. The molecule has 1 aliphatic rings. The van der Waals surface area contributed by atoms with Gasteiger partial charge in [-0.3, -0.25) is 22.6 Å². The van der Waals surface area contributed by atoms with Crippen LogP contribution in [0.4, 0.5) is 4.79 Å². The van der Waals surface area contributed by atoms with E-state index in [0.29, 0.717) is 0 Å². The first-order valence-electron chi connectivity index (χ1n) is 10.4. The van der Waals surface area contributed by atoms with Gasteiger partial charge in [0.15, 0.2) is 18.3 Å². The number of carbonyl (C=O) groups is 1. The van der Waals surface area contributed by atoms with Gasteiger partial charge in [-0.1, -0.05) is 0 Å². The number of rotatable bonds is 16. The van der Waals surface area contributed by atoms with E-state index in [2.05, 4.69) is 18.3 Å². The first kappa shape index (κ1) is 36.7. The van der Waals surface area contributed by atoms with Gasteiger partial charge in [-0.05, 0) is 20.8 Å². The molecule has 0 heterocycles. The second-order valence-corrected chi connectivity index (χ2v) is 12.2. The molecule has 1 saturated carbocycles. The van der Waals surface area contributed by atoms with Crippen LogP contribution in [0.5, 0.6) is 0 Å². The molecule has 0 radical (unpaired) electrons. The summed E-state index contributed by atoms with van der Waals surface area (Å²) in [5.41, 5.74) is 0. The lowest BCUT2D eigenvalue weighted by atomic mass is 9.85. The van der Waals surface area contributed by atoms with Crippen molar-refractivity contribution >= 4 is 46.1 Å². The van der Waals surface area contributed by atoms with Crippen molar-refractivity contribution in [3.05, 3.63) is 0 Å². The molecule has 8 unspecified atom stereocenters. The molecule has 1 rings (SSSR count). The van der Waals surface area contributed by atoms with Gasteiger partial charge in [0.2, 0.25) is 0 Å². The molecule has 1 fully saturated rings. The zero-order valence-corrected chi connectivity index (χ0v) is 24.6. The highest BCUT2D eigenvalue weighted by molar-refractivity contribution is 7.47. The normalized spacial score (nSPS) is 29.6. The molecule has 0 aliphatic heterocycles. The van der Waals surface area contributed by atoms with Crippen molar-refractivity contribution in [3.63, 3.8) is 0 Å². The van der Waals surface area contributed by atoms with Gasteiger partial charge >= 0.3 is 46.1 Å². The van der Waals surface area contributed by atoms with Gasteiger partial charge in [-0.15, -0.1) is 18.8 Å². The van der Waals surface area contributed by atoms with Crippen LogP contribution in [0.2, 0.25) is 0 Å². The number of phosphoric ester groups is 3. The minimum Gasteiger partial charge on any atom is -0.435 e. The van der Waals surface area contributed by atoms with Crippen LogP contribution in [0, 0.1) is 0 Å². The molecule has 0 saturated heterocycles. The molecule has 0 bridgehead atoms. The topological polar surface area (TPSA) is 307 Å². The van der Waals surface area contributed by atoms with Crippen LogP contribution in [-0.4, -0.2) is 92.0 Å². The third-order valence-corrected chi connectivity index (χ3v) is 7.77. The highest BCUT2D eigenvalue weighted by atomic mass is 31.2. The Balaban J connectivity index is 3.96. The lowest BCUT2D eigenvalue weighted by Gasteiger charge is -2.44. The lowest BCUT2D eigenvalue weighted by molar-refractivity contribution is -0.205. The van der Waals surface area contributed by atoms with Crippen LogP contribution in [-0.2, 0) is 64.0 Å². The van der Waals surface area contributed by atoms with E-state index in [9.17, 15) is 57.0 Å². The molecule has 1 aliphatic carbocycles. The summed E-state index contributed by atoms with van der Waals surface area (Å²) in [4.78, 5) is 70.0. The maximum absolute atomic E-state index is 12.5. The quantitative estimate of drug-likeness (QED) is 0.0987. The van der Waals surface area contributed by atoms with E-state index >= 15 is 0 Å². The highest BCUT2D eigenvalue weighted by Gasteiger charge is 2.65. The summed E-state index contributed by atoms with van der Waals surface area (Å²) >= 11 is 0. The van der Waals surface area contributed by atoms with Crippen LogP contribution in [0.25, 0.3) is 0 Å². The molecule has 39 heavy (non-hydrogen) atoms. The maximum atomic E-state index is 12.5. The van der Waals surface area contributed by atoms with Crippen molar-refractivity contribution in [1.29, 1.82) is 0 Å². The Hall–Kier alpha value is -0.360. The van der Waals surface area contributed by atoms with Crippen molar-refractivity contribution in [2.24, 2.45) is 0 Å². The van der Waals surface area contributed by atoms with Crippen molar-refractivity contribution < 1.29 is 98.1 Å². The number of carbonyl (C=O) groups excluding carboxylic acids is 1. The molecule has 8 atom stereocenters. The largest absolute Gasteiger partial charge is 0.695 e. The minimum absolute atomic E-state index is 0.332. The second kappa shape index (κ2) is 15.8. The maximum Gasteiger partial charge on any atom is 0.695 e. The zero-order chi connectivity index (χ0) is 30.2. The van der Waals surface area contributed by atoms with Crippen LogP contribution >= 0.6 is 40.0 Å². The van der Waals surface area contributed by atoms with E-state index in [4.69, 9.17) is 22.8 Å². The fourth-order valence-corrected chi connectivity index (χ4v) is 6.50. The molecule has 0 aromatic heterocycles. The van der Waals surface area contributed by atoms with Crippen LogP contribution in [0.1, 0.15) is 20.8 Å². The van der Waals surface area contributed by atoms with E-state index in [-0.39, 0.29) is 6.61 Å². The SMILES string of the molecule is CCOC(=O)OC1C(O[P+](=O)O)C(OP(=O)(O)OCC)C(OP(=O)(O)O)C(OP(=O)(O)OCC)C1O[P+](=O)O. The van der Waals surface area contributed by atoms with E-state index in [1.807, 2.05) is 0 Å². The molecule has 26 heteroatoms. The number of hydrogen-bond donors (Lipinski definition) is 6. The number of phosphoric acid groups is 3. The summed E-state index contributed by atoms with van der Waals surface area (Å²) in [6.07, 6.45) is -16.5. The number of ether oxygens (including phenoxy) is 2. The van der Waals surface area contributed by atoms with Gasteiger partial charge in [0.1, 0.15) is 18.3 Å². The Morgan fingerprint density at radius 3 is 1.36 bits per heavy atom. The van der Waals surface area contributed by atoms with Crippen molar-refractivity contribution in [3.8, 4) is 0 Å². The Labute approximate surface area is 221 Å². The molecule has 0 spiro atoms. The highest BCUT2D eigenvalue weighted by Crippen LogP contribution is 2.55. The first-order valence-corrected chi connectivity index (χ1v) is 17.2. The Kier molecular flexibility index (Phi) is 14.8. The molecule has 21 nitrogen and oxygen atoms in total. The van der Waals surface area contributed by atoms with Crippen molar-refractivity contribution in [2.45, 2.75) is 57.4 Å². The fourth-order valence-electron chi connectivity index (χ4n) is 3.18. The minimum atomic E-state index is -5.75. The first-order chi connectivity index (χ1) is 17.9. The Bertz CT molecular complexity index is 943. The molecule has 0 amide bonds. The monoisotopic (exact) mass is 674 g/mol. The lowest BCUT2D eigenvalue weighted by Crippen LogP contribution is -2.66. The van der Waals surface area contributed by atoms with Gasteiger partial charge in [0.05, 0.1) is 19.8 Å². The van der Waals surface area contributed by atoms with Crippen molar-refractivity contribution in [1.82, 2.24) is 0 Å². The molecule has 0 aromatic rings. The third kappa shape index (κ3) is 12.6. The molecule has 6 N–H and O–H groups in total. The van der Waals surface area contributed by atoms with E-state index < -0.39 is 96.0 Å². The van der Waals surface area contributed by atoms with Gasteiger partial charge in [0.25, 0.3) is 0 Å². The third-order valence-electron chi connectivity index (χ3n) is 4.21. The zero-order valence-electron chi connectivity index (χ0n) is 20.1. The molecule has 228 valence electrons. The van der Waals surface area contributed by atoms with Crippen LogP contribution in [0.3, 0.4) is 0 Å². The summed E-state index contributed by atoms with van der Waals surface area (Å²) < 4.78 is 102. The smallest absolute Gasteiger partial charge is 0.435 e. The van der Waals surface area contributed by atoms with Crippen LogP contribution < -0.4 is 0 Å². The number of hydrogen-bond acceptors (Lipinski definition) is 15. The van der Waals surface area contributed by atoms with Gasteiger partial charge in [-0.25, -0.2) is 18.5 Å². The molecular formula is C13H27O21P5+2. The molecular weight excluding hydrogens is 647 g/mol. The predicted molar refractivity (Wildman–Crippen MR) is 121 cm³/mol. The Morgan fingerprint density at radius 1 is 0.667 bits per heavy atom. The summed E-state index contributed by atoms with van der Waals surface area (Å²) in [7, 11) is -23.9. The average Bonchev–Trinajstić information content (AvgIpc) is 2.74. The van der Waals surface area contributed by atoms with Gasteiger partial charge < -0.3 is 29.0 Å². The Morgan fingerprint density at radius 2 is 1.05 bits per heavy atom. The van der Waals surface area contributed by atoms with Crippen LogP contribution in [0.15, 0.2) is 0 Å². The van der Waals surface area contributed by atoms with E-state index in [1.165, 1.54) is 20.8 Å². The standard InChI is InChI=1S/C13H25O21P5/c1-4-26-13(14)29-7-8(30-35(15)16)10(33-38(22,23)27-5-2)12(32-37(19,20)21)11(9(7)31-36(17)18)34-39(24,25)28-6-3/h7-12H,4-6H2,1-3H3,(H4-2,15,16,17,18,19,20,21,22,23,24,25)/p+2. The van der Waals surface area contributed by atoms with Gasteiger partial charge in [0, 0.05) is 9.13 Å². The summed E-state index contributed by atoms with van der Waals surface area (Å²) in [6.45, 7) is 2.43. The molecule has 0 aromatic carbocycles. The fraction of sp³-hybridized carbons (Fsp3) is 0.923. The summed E-state index contributed by atoms with van der Waals surface area (Å²) in [6, 6.07) is 0. The van der Waals surface area contributed by atoms with Gasteiger partial charge in [-0.2, -0.15) is 0 Å².